The first-order valence-corrected chi connectivity index (χ1v) is 12.2. The molecule has 3 heterocycles. The quantitative estimate of drug-likeness (QED) is 0.331. The van der Waals surface area contributed by atoms with Crippen molar-refractivity contribution in [2.24, 2.45) is 0 Å². The molecule has 184 valence electrons. The number of para-hydroxylation sites is 1. The summed E-state index contributed by atoms with van der Waals surface area (Å²) in [4.78, 5) is 15.9. The number of rotatable bonds is 4. The number of hydrogen-bond donors (Lipinski definition) is 1. The molecular weight excluding hydrogens is 462 g/mol. The number of carbonyl (C=O) groups excluding carboxylic acids is 1. The van der Waals surface area contributed by atoms with Gasteiger partial charge in [0.2, 0.25) is 0 Å². The predicted molar refractivity (Wildman–Crippen MR) is 143 cm³/mol. The van der Waals surface area contributed by atoms with Gasteiger partial charge in [-0.2, -0.15) is 5.10 Å². The summed E-state index contributed by atoms with van der Waals surface area (Å²) in [6.45, 7) is 2.40. The number of aryl methyl sites for hydroxylation is 1. The fraction of sp³-hybridized carbons (Fsp3) is 0.133. The summed E-state index contributed by atoms with van der Waals surface area (Å²) in [6.07, 6.45) is 2.05. The van der Waals surface area contributed by atoms with Crippen LogP contribution >= 0.6 is 0 Å². The number of amides is 2. The SMILES string of the molecule is COc1cccc(NC(=O)N2Cc3c(C)nn(-c4ccccc4)c3-n3cccc3[C@H]2c2ccccc2)c1. The van der Waals surface area contributed by atoms with Gasteiger partial charge >= 0.3 is 6.03 Å². The molecule has 0 unspecified atom stereocenters. The summed E-state index contributed by atoms with van der Waals surface area (Å²) >= 11 is 0. The van der Waals surface area contributed by atoms with E-state index in [1.54, 1.807) is 7.11 Å². The van der Waals surface area contributed by atoms with Crippen LogP contribution in [0.1, 0.15) is 28.6 Å². The van der Waals surface area contributed by atoms with Crippen molar-refractivity contribution in [3.63, 3.8) is 0 Å². The van der Waals surface area contributed by atoms with E-state index in [1.165, 1.54) is 0 Å². The van der Waals surface area contributed by atoms with E-state index in [1.807, 2.05) is 102 Å². The lowest BCUT2D eigenvalue weighted by Gasteiger charge is -2.31. The second-order valence-corrected chi connectivity index (χ2v) is 9.04. The lowest BCUT2D eigenvalue weighted by atomic mass is 10.0. The maximum absolute atomic E-state index is 14.0. The Labute approximate surface area is 215 Å². The van der Waals surface area contributed by atoms with Gasteiger partial charge in [-0.1, -0.05) is 54.6 Å². The van der Waals surface area contributed by atoms with Gasteiger partial charge in [-0.05, 0) is 48.9 Å². The number of ether oxygens (including phenoxy) is 1. The van der Waals surface area contributed by atoms with E-state index in [0.717, 1.165) is 34.0 Å². The average molecular weight is 490 g/mol. The number of hydrogen-bond acceptors (Lipinski definition) is 3. The fourth-order valence-corrected chi connectivity index (χ4v) is 5.03. The number of fused-ring (bicyclic) bond motifs is 3. The second kappa shape index (κ2) is 9.35. The van der Waals surface area contributed by atoms with Crippen LogP contribution in [-0.2, 0) is 6.54 Å². The Bertz CT molecular complexity index is 1560. The van der Waals surface area contributed by atoms with Crippen LogP contribution in [-0.4, -0.2) is 32.4 Å². The van der Waals surface area contributed by atoms with Crippen molar-refractivity contribution in [2.75, 3.05) is 12.4 Å². The molecule has 0 radical (unpaired) electrons. The smallest absolute Gasteiger partial charge is 0.322 e. The number of urea groups is 1. The summed E-state index contributed by atoms with van der Waals surface area (Å²) in [5, 5.41) is 8.00. The molecule has 0 bridgehead atoms. The van der Waals surface area contributed by atoms with Crippen molar-refractivity contribution in [1.82, 2.24) is 19.2 Å². The zero-order valence-corrected chi connectivity index (χ0v) is 20.7. The van der Waals surface area contributed by atoms with E-state index in [4.69, 9.17) is 9.84 Å². The Balaban J connectivity index is 1.51. The molecule has 0 fully saturated rings. The highest BCUT2D eigenvalue weighted by Gasteiger charge is 2.36. The van der Waals surface area contributed by atoms with E-state index >= 15 is 0 Å². The number of carbonyl (C=O) groups is 1. The maximum Gasteiger partial charge on any atom is 0.322 e. The Morgan fingerprint density at radius 2 is 1.70 bits per heavy atom. The van der Waals surface area contributed by atoms with Gasteiger partial charge in [0, 0.05) is 23.5 Å². The highest BCUT2D eigenvalue weighted by Crippen LogP contribution is 2.38. The van der Waals surface area contributed by atoms with Crippen molar-refractivity contribution >= 4 is 11.7 Å². The van der Waals surface area contributed by atoms with Crippen molar-refractivity contribution in [1.29, 1.82) is 0 Å². The highest BCUT2D eigenvalue weighted by atomic mass is 16.5. The minimum absolute atomic E-state index is 0.199. The Kier molecular flexibility index (Phi) is 5.73. The van der Waals surface area contributed by atoms with E-state index < -0.39 is 0 Å². The largest absolute Gasteiger partial charge is 0.497 e. The topological polar surface area (TPSA) is 64.3 Å². The number of aromatic nitrogens is 3. The molecule has 5 aromatic rings. The Hall–Kier alpha value is -4.78. The lowest BCUT2D eigenvalue weighted by molar-refractivity contribution is 0.194. The Morgan fingerprint density at radius 3 is 2.46 bits per heavy atom. The summed E-state index contributed by atoms with van der Waals surface area (Å²) in [5.41, 5.74) is 5.55. The molecule has 6 rings (SSSR count). The third-order valence-corrected chi connectivity index (χ3v) is 6.78. The second-order valence-electron chi connectivity index (χ2n) is 9.04. The molecule has 37 heavy (non-hydrogen) atoms. The van der Waals surface area contributed by atoms with Crippen LogP contribution < -0.4 is 10.1 Å². The standard InChI is InChI=1S/C30H27N5O2/c1-21-26-20-34(30(36)31-23-13-9-16-25(19-23)37-2)28(22-11-5-3-6-12-22)27-17-10-18-33(27)29(26)35(32-21)24-14-7-4-8-15-24/h3-19,28H,20H2,1-2H3,(H,31,36)/t28-/m1/s1. The van der Waals surface area contributed by atoms with E-state index in [-0.39, 0.29) is 12.1 Å². The van der Waals surface area contributed by atoms with E-state index in [0.29, 0.717) is 18.0 Å². The summed E-state index contributed by atoms with van der Waals surface area (Å²) in [5.74, 6) is 1.63. The van der Waals surface area contributed by atoms with Gasteiger partial charge in [-0.3, -0.25) is 0 Å². The zero-order chi connectivity index (χ0) is 25.4. The maximum atomic E-state index is 14.0. The molecule has 7 heteroatoms. The number of nitrogens with one attached hydrogen (secondary N) is 1. The van der Waals surface area contributed by atoms with Gasteiger partial charge in [0.05, 0.1) is 36.8 Å². The molecule has 0 spiro atoms. The van der Waals surface area contributed by atoms with Crippen LogP contribution in [0.2, 0.25) is 0 Å². The minimum atomic E-state index is -0.308. The predicted octanol–water partition coefficient (Wildman–Crippen LogP) is 6.12. The molecule has 2 amide bonds. The van der Waals surface area contributed by atoms with Crippen molar-refractivity contribution in [3.8, 4) is 17.3 Å². The van der Waals surface area contributed by atoms with Crippen LogP contribution in [0.3, 0.4) is 0 Å². The van der Waals surface area contributed by atoms with E-state index in [9.17, 15) is 4.79 Å². The van der Waals surface area contributed by atoms with Gasteiger partial charge in [0.1, 0.15) is 11.6 Å². The van der Waals surface area contributed by atoms with Crippen molar-refractivity contribution < 1.29 is 9.53 Å². The first-order valence-electron chi connectivity index (χ1n) is 12.2. The highest BCUT2D eigenvalue weighted by molar-refractivity contribution is 5.90. The first-order chi connectivity index (χ1) is 18.1. The Morgan fingerprint density at radius 1 is 0.946 bits per heavy atom. The van der Waals surface area contributed by atoms with Crippen LogP contribution in [0.4, 0.5) is 10.5 Å². The third-order valence-electron chi connectivity index (χ3n) is 6.78. The molecule has 0 saturated carbocycles. The van der Waals surface area contributed by atoms with Gasteiger partial charge in [0.25, 0.3) is 0 Å². The number of nitrogens with zero attached hydrogens (tertiary/aromatic N) is 4. The third kappa shape index (κ3) is 4.04. The summed E-state index contributed by atoms with van der Waals surface area (Å²) < 4.78 is 9.49. The zero-order valence-electron chi connectivity index (χ0n) is 20.7. The fourth-order valence-electron chi connectivity index (χ4n) is 5.03. The molecule has 0 aliphatic carbocycles. The van der Waals surface area contributed by atoms with Gasteiger partial charge in [0.15, 0.2) is 0 Å². The molecule has 1 aliphatic rings. The molecule has 7 nitrogen and oxygen atoms in total. The monoisotopic (exact) mass is 489 g/mol. The van der Waals surface area contributed by atoms with Crippen LogP contribution in [0, 0.1) is 6.92 Å². The molecular formula is C30H27N5O2. The molecule has 2 aromatic heterocycles. The molecule has 3 aromatic carbocycles. The van der Waals surface area contributed by atoms with Crippen molar-refractivity contribution in [3.05, 3.63) is 126 Å². The molecule has 1 atom stereocenters. The number of benzene rings is 3. The normalized spacial score (nSPS) is 14.4. The van der Waals surface area contributed by atoms with Gasteiger partial charge in [-0.15, -0.1) is 0 Å². The molecule has 0 saturated heterocycles. The summed E-state index contributed by atoms with van der Waals surface area (Å²) in [6, 6.07) is 31.2. The minimum Gasteiger partial charge on any atom is -0.497 e. The number of anilines is 1. The average Bonchev–Trinajstić information content (AvgIpc) is 3.50. The first kappa shape index (κ1) is 22.7. The van der Waals surface area contributed by atoms with Crippen LogP contribution in [0.5, 0.6) is 5.75 Å². The van der Waals surface area contributed by atoms with Crippen molar-refractivity contribution in [2.45, 2.75) is 19.5 Å². The van der Waals surface area contributed by atoms with E-state index in [2.05, 4.69) is 28.1 Å². The molecule has 1 N–H and O–H groups in total. The van der Waals surface area contributed by atoms with Gasteiger partial charge in [-0.25, -0.2) is 9.48 Å². The summed E-state index contributed by atoms with van der Waals surface area (Å²) in [7, 11) is 1.62. The lowest BCUT2D eigenvalue weighted by Crippen LogP contribution is -2.38. The van der Waals surface area contributed by atoms with Crippen LogP contribution in [0.15, 0.2) is 103 Å². The van der Waals surface area contributed by atoms with Crippen LogP contribution in [0.25, 0.3) is 11.5 Å². The van der Waals surface area contributed by atoms with Gasteiger partial charge < -0.3 is 19.5 Å². The molecule has 1 aliphatic heterocycles. The number of methoxy groups -OCH3 is 1.